The van der Waals surface area contributed by atoms with E-state index in [0.717, 1.165) is 33.8 Å². The van der Waals surface area contributed by atoms with Crippen LogP contribution in [0.1, 0.15) is 32.6 Å². The van der Waals surface area contributed by atoms with E-state index in [1.807, 2.05) is 18.3 Å². The molecule has 5 nitrogen and oxygen atoms in total. The van der Waals surface area contributed by atoms with Crippen LogP contribution in [0.25, 0.3) is 22.0 Å². The summed E-state index contributed by atoms with van der Waals surface area (Å²) in [6.45, 7) is 2.34. The van der Waals surface area contributed by atoms with E-state index in [1.54, 1.807) is 0 Å². The molecule has 24 heavy (non-hydrogen) atoms. The molecule has 124 valence electrons. The fourth-order valence-electron chi connectivity index (χ4n) is 3.52. The summed E-state index contributed by atoms with van der Waals surface area (Å²) in [5.41, 5.74) is 9.14. The van der Waals surface area contributed by atoms with Crippen molar-refractivity contribution < 1.29 is 0 Å². The Hall–Kier alpha value is -2.56. The maximum Gasteiger partial charge on any atom is 0.153 e. The Bertz CT molecular complexity index is 846. The number of nitrogens with zero attached hydrogens (tertiary/aromatic N) is 2. The first-order valence-electron chi connectivity index (χ1n) is 8.65. The van der Waals surface area contributed by atoms with Crippen molar-refractivity contribution in [1.29, 1.82) is 0 Å². The van der Waals surface area contributed by atoms with Gasteiger partial charge in [-0.2, -0.15) is 5.10 Å². The highest BCUT2D eigenvalue weighted by atomic mass is 15.1. The predicted octanol–water partition coefficient (Wildman–Crippen LogP) is 4.20. The van der Waals surface area contributed by atoms with Gasteiger partial charge in [0.05, 0.1) is 5.52 Å². The number of anilines is 2. The molecule has 0 bridgehead atoms. The average Bonchev–Trinajstić information content (AvgIpc) is 2.98. The van der Waals surface area contributed by atoms with Gasteiger partial charge >= 0.3 is 0 Å². The van der Waals surface area contributed by atoms with Crippen LogP contribution in [0, 0.1) is 5.92 Å². The molecule has 1 aliphatic carbocycles. The molecule has 3 aromatic rings. The Balaban J connectivity index is 1.58. The number of fused-ring (bicyclic) bond motifs is 1. The largest absolute Gasteiger partial charge is 0.382 e. The Kier molecular flexibility index (Phi) is 3.84. The Labute approximate surface area is 141 Å². The van der Waals surface area contributed by atoms with Gasteiger partial charge < -0.3 is 11.1 Å². The minimum Gasteiger partial charge on any atom is -0.382 e. The molecule has 0 aliphatic heterocycles. The number of rotatable bonds is 3. The molecule has 0 amide bonds. The number of H-pyrrole nitrogens is 1. The van der Waals surface area contributed by atoms with E-state index >= 15 is 0 Å². The highest BCUT2D eigenvalue weighted by Gasteiger charge is 2.18. The standard InChI is InChI=1S/C19H23N5/c1-12-2-5-15(6-3-12)22-18-11-14(8-9-21-18)13-4-7-17-16(10-13)19(20)24-23-17/h4,7-12,15H,2-3,5-6H2,1H3,(H,21,22)(H3,20,23,24). The van der Waals surface area contributed by atoms with Gasteiger partial charge in [0.25, 0.3) is 0 Å². The minimum atomic E-state index is 0.538. The summed E-state index contributed by atoms with van der Waals surface area (Å²) in [5, 5.41) is 11.6. The fraction of sp³-hybridized carbons (Fsp3) is 0.368. The van der Waals surface area contributed by atoms with Crippen molar-refractivity contribution in [2.24, 2.45) is 5.92 Å². The summed E-state index contributed by atoms with van der Waals surface area (Å²) in [4.78, 5) is 4.49. The molecule has 0 unspecified atom stereocenters. The third kappa shape index (κ3) is 2.94. The summed E-state index contributed by atoms with van der Waals surface area (Å²) in [7, 11) is 0. The van der Waals surface area contributed by atoms with Crippen molar-refractivity contribution in [1.82, 2.24) is 15.2 Å². The lowest BCUT2D eigenvalue weighted by molar-refractivity contribution is 0.361. The third-order valence-corrected chi connectivity index (χ3v) is 5.05. The van der Waals surface area contributed by atoms with E-state index in [4.69, 9.17) is 5.73 Å². The molecule has 1 saturated carbocycles. The van der Waals surface area contributed by atoms with E-state index in [1.165, 1.54) is 25.7 Å². The van der Waals surface area contributed by atoms with Crippen molar-refractivity contribution >= 4 is 22.5 Å². The maximum absolute atomic E-state index is 5.92. The van der Waals surface area contributed by atoms with Crippen LogP contribution < -0.4 is 11.1 Å². The van der Waals surface area contributed by atoms with E-state index < -0.39 is 0 Å². The van der Waals surface area contributed by atoms with E-state index in [2.05, 4.69) is 45.6 Å². The molecule has 0 spiro atoms. The van der Waals surface area contributed by atoms with E-state index in [0.29, 0.717) is 11.9 Å². The molecule has 4 rings (SSSR count). The molecule has 0 atom stereocenters. The van der Waals surface area contributed by atoms with Gasteiger partial charge in [-0.15, -0.1) is 0 Å². The average molecular weight is 321 g/mol. The van der Waals surface area contributed by atoms with Gasteiger partial charge in [-0.3, -0.25) is 5.10 Å². The summed E-state index contributed by atoms with van der Waals surface area (Å²) in [6, 6.07) is 10.9. The summed E-state index contributed by atoms with van der Waals surface area (Å²) < 4.78 is 0. The second kappa shape index (κ2) is 6.15. The Morgan fingerprint density at radius 1 is 1.08 bits per heavy atom. The molecule has 2 heterocycles. The zero-order valence-corrected chi connectivity index (χ0v) is 13.9. The quantitative estimate of drug-likeness (QED) is 0.675. The molecule has 2 aromatic heterocycles. The van der Waals surface area contributed by atoms with Crippen LogP contribution in [0.2, 0.25) is 0 Å². The smallest absolute Gasteiger partial charge is 0.153 e. The van der Waals surface area contributed by atoms with Gasteiger partial charge in [0.15, 0.2) is 5.82 Å². The van der Waals surface area contributed by atoms with Crippen LogP contribution in [-0.4, -0.2) is 21.2 Å². The number of aromatic nitrogens is 3. The zero-order valence-electron chi connectivity index (χ0n) is 13.9. The molecule has 0 saturated heterocycles. The van der Waals surface area contributed by atoms with Gasteiger partial charge in [0.2, 0.25) is 0 Å². The fourth-order valence-corrected chi connectivity index (χ4v) is 3.52. The van der Waals surface area contributed by atoms with Crippen molar-refractivity contribution in [3.63, 3.8) is 0 Å². The second-order valence-electron chi connectivity index (χ2n) is 6.90. The summed E-state index contributed by atoms with van der Waals surface area (Å²) in [5.74, 6) is 2.34. The maximum atomic E-state index is 5.92. The highest BCUT2D eigenvalue weighted by Crippen LogP contribution is 2.29. The second-order valence-corrected chi connectivity index (χ2v) is 6.90. The number of nitrogens with two attached hydrogens (primary N) is 1. The Morgan fingerprint density at radius 3 is 2.71 bits per heavy atom. The predicted molar refractivity (Wildman–Crippen MR) is 98.8 cm³/mol. The lowest BCUT2D eigenvalue weighted by atomic mass is 9.87. The monoisotopic (exact) mass is 321 g/mol. The van der Waals surface area contributed by atoms with Crippen LogP contribution in [0.4, 0.5) is 11.6 Å². The van der Waals surface area contributed by atoms with Crippen LogP contribution >= 0.6 is 0 Å². The molecule has 4 N–H and O–H groups in total. The summed E-state index contributed by atoms with van der Waals surface area (Å²) in [6.07, 6.45) is 6.92. The number of nitrogens with one attached hydrogen (secondary N) is 2. The van der Waals surface area contributed by atoms with Crippen molar-refractivity contribution in [3.8, 4) is 11.1 Å². The topological polar surface area (TPSA) is 79.6 Å². The first kappa shape index (κ1) is 15.0. The number of benzene rings is 1. The van der Waals surface area contributed by atoms with Crippen molar-refractivity contribution in [2.45, 2.75) is 38.6 Å². The highest BCUT2D eigenvalue weighted by molar-refractivity contribution is 5.92. The van der Waals surface area contributed by atoms with Gasteiger partial charge in [-0.25, -0.2) is 4.98 Å². The number of hydrogen-bond donors (Lipinski definition) is 3. The van der Waals surface area contributed by atoms with E-state index in [-0.39, 0.29) is 0 Å². The number of hydrogen-bond acceptors (Lipinski definition) is 4. The number of aromatic amines is 1. The van der Waals surface area contributed by atoms with Crippen LogP contribution in [0.15, 0.2) is 36.5 Å². The van der Waals surface area contributed by atoms with Crippen LogP contribution in [0.3, 0.4) is 0 Å². The molecule has 1 fully saturated rings. The van der Waals surface area contributed by atoms with Gasteiger partial charge in [-0.1, -0.05) is 13.0 Å². The summed E-state index contributed by atoms with van der Waals surface area (Å²) >= 11 is 0. The number of nitrogen functional groups attached to an aromatic ring is 1. The normalized spacial score (nSPS) is 21.0. The number of pyridine rings is 1. The van der Waals surface area contributed by atoms with Crippen molar-refractivity contribution in [3.05, 3.63) is 36.5 Å². The van der Waals surface area contributed by atoms with Gasteiger partial charge in [-0.05, 0) is 67.0 Å². The van der Waals surface area contributed by atoms with Crippen LogP contribution in [0.5, 0.6) is 0 Å². The third-order valence-electron chi connectivity index (χ3n) is 5.05. The zero-order chi connectivity index (χ0) is 16.5. The molecule has 0 radical (unpaired) electrons. The van der Waals surface area contributed by atoms with Gasteiger partial charge in [0.1, 0.15) is 5.82 Å². The lowest BCUT2D eigenvalue weighted by Gasteiger charge is -2.27. The molecule has 1 aliphatic rings. The molecule has 1 aromatic carbocycles. The van der Waals surface area contributed by atoms with E-state index in [9.17, 15) is 0 Å². The SMILES string of the molecule is CC1CCC(Nc2cc(-c3ccc4[nH]nc(N)c4c3)ccn2)CC1. The molecular formula is C19H23N5. The Morgan fingerprint density at radius 2 is 1.88 bits per heavy atom. The van der Waals surface area contributed by atoms with Crippen LogP contribution in [-0.2, 0) is 0 Å². The van der Waals surface area contributed by atoms with Crippen molar-refractivity contribution in [2.75, 3.05) is 11.1 Å². The first-order valence-corrected chi connectivity index (χ1v) is 8.65. The lowest BCUT2D eigenvalue weighted by Crippen LogP contribution is -2.25. The minimum absolute atomic E-state index is 0.538. The molecular weight excluding hydrogens is 298 g/mol. The van der Waals surface area contributed by atoms with Gasteiger partial charge in [0, 0.05) is 17.6 Å². The molecule has 5 heteroatoms. The first-order chi connectivity index (χ1) is 11.7.